The van der Waals surface area contributed by atoms with Crippen LogP contribution < -0.4 is 0 Å². The van der Waals surface area contributed by atoms with E-state index in [1.165, 1.54) is 13.0 Å². The van der Waals surface area contributed by atoms with Crippen molar-refractivity contribution in [1.82, 2.24) is 0 Å². The SMILES string of the molecule is CCOC(=O)c1c2c(c(O)c3ccccc13)C(=O)C=C(C)C2=O. The summed E-state index contributed by atoms with van der Waals surface area (Å²) in [6, 6.07) is 6.58. The van der Waals surface area contributed by atoms with Gasteiger partial charge in [-0.1, -0.05) is 24.3 Å². The van der Waals surface area contributed by atoms with Crippen LogP contribution in [-0.4, -0.2) is 29.2 Å². The fourth-order valence-corrected chi connectivity index (χ4v) is 2.83. The number of hydrogen-bond donors (Lipinski definition) is 1. The van der Waals surface area contributed by atoms with Crippen LogP contribution in [0, 0.1) is 0 Å². The van der Waals surface area contributed by atoms with Crippen molar-refractivity contribution in [2.45, 2.75) is 13.8 Å². The molecule has 0 heterocycles. The van der Waals surface area contributed by atoms with Gasteiger partial charge < -0.3 is 9.84 Å². The maximum Gasteiger partial charge on any atom is 0.339 e. The van der Waals surface area contributed by atoms with Gasteiger partial charge in [-0.15, -0.1) is 0 Å². The number of benzene rings is 2. The maximum absolute atomic E-state index is 12.5. The standard InChI is InChI=1S/C18H14O5/c1-3-23-18(22)13-10-6-4-5-7-11(10)17(21)14-12(19)8-9(2)16(20)15(13)14/h4-8,21H,3H2,1-2H3. The number of phenols is 1. The Morgan fingerprint density at radius 3 is 2.43 bits per heavy atom. The minimum Gasteiger partial charge on any atom is -0.507 e. The van der Waals surface area contributed by atoms with Gasteiger partial charge in [0, 0.05) is 16.3 Å². The van der Waals surface area contributed by atoms with Gasteiger partial charge in [0.2, 0.25) is 0 Å². The maximum atomic E-state index is 12.5. The van der Waals surface area contributed by atoms with Gasteiger partial charge in [0.05, 0.1) is 23.3 Å². The second-order valence-corrected chi connectivity index (χ2v) is 5.26. The van der Waals surface area contributed by atoms with Crippen LogP contribution in [0.3, 0.4) is 0 Å². The molecule has 0 aromatic heterocycles. The molecule has 0 saturated carbocycles. The summed E-state index contributed by atoms with van der Waals surface area (Å²) in [7, 11) is 0. The molecule has 116 valence electrons. The molecule has 5 nitrogen and oxygen atoms in total. The third kappa shape index (κ3) is 2.12. The monoisotopic (exact) mass is 310 g/mol. The van der Waals surface area contributed by atoms with Crippen LogP contribution >= 0.6 is 0 Å². The average Bonchev–Trinajstić information content (AvgIpc) is 2.52. The molecule has 2 aromatic carbocycles. The summed E-state index contributed by atoms with van der Waals surface area (Å²) in [6.07, 6.45) is 1.17. The Balaban J connectivity index is 2.50. The molecular weight excluding hydrogens is 296 g/mol. The van der Waals surface area contributed by atoms with Crippen molar-refractivity contribution >= 4 is 28.3 Å². The molecular formula is C18H14O5. The van der Waals surface area contributed by atoms with E-state index in [-0.39, 0.29) is 34.6 Å². The van der Waals surface area contributed by atoms with E-state index in [4.69, 9.17) is 4.74 Å². The summed E-state index contributed by atoms with van der Waals surface area (Å²) in [6.45, 7) is 3.30. The van der Waals surface area contributed by atoms with Gasteiger partial charge in [0.15, 0.2) is 11.6 Å². The minimum atomic E-state index is -0.684. The zero-order valence-corrected chi connectivity index (χ0v) is 12.7. The molecule has 3 rings (SSSR count). The largest absolute Gasteiger partial charge is 0.507 e. The predicted molar refractivity (Wildman–Crippen MR) is 84.0 cm³/mol. The molecule has 0 amide bonds. The lowest BCUT2D eigenvalue weighted by atomic mass is 9.83. The average molecular weight is 310 g/mol. The van der Waals surface area contributed by atoms with Crippen molar-refractivity contribution in [2.75, 3.05) is 6.61 Å². The smallest absolute Gasteiger partial charge is 0.339 e. The van der Waals surface area contributed by atoms with E-state index in [0.29, 0.717) is 10.8 Å². The van der Waals surface area contributed by atoms with E-state index in [0.717, 1.165) is 0 Å². The van der Waals surface area contributed by atoms with Gasteiger partial charge in [-0.3, -0.25) is 9.59 Å². The minimum absolute atomic E-state index is 0.0288. The van der Waals surface area contributed by atoms with Gasteiger partial charge >= 0.3 is 5.97 Å². The first-order valence-corrected chi connectivity index (χ1v) is 7.19. The lowest BCUT2D eigenvalue weighted by molar-refractivity contribution is 0.0526. The second-order valence-electron chi connectivity index (χ2n) is 5.26. The van der Waals surface area contributed by atoms with Crippen LogP contribution in [0.2, 0.25) is 0 Å². The first-order valence-electron chi connectivity index (χ1n) is 7.19. The molecule has 5 heteroatoms. The van der Waals surface area contributed by atoms with E-state index < -0.39 is 17.5 Å². The van der Waals surface area contributed by atoms with E-state index >= 15 is 0 Å². The fraction of sp³-hybridized carbons (Fsp3) is 0.167. The number of esters is 1. The van der Waals surface area contributed by atoms with Crippen LogP contribution in [0.15, 0.2) is 35.9 Å². The van der Waals surface area contributed by atoms with E-state index in [1.54, 1.807) is 31.2 Å². The zero-order chi connectivity index (χ0) is 16.7. The fourth-order valence-electron chi connectivity index (χ4n) is 2.83. The number of ketones is 2. The molecule has 0 bridgehead atoms. The first kappa shape index (κ1) is 15.0. The normalized spacial score (nSPS) is 13.7. The Kier molecular flexibility index (Phi) is 3.48. The molecule has 0 atom stereocenters. The molecule has 0 fully saturated rings. The number of rotatable bonds is 2. The number of Topliss-reactive ketones (excluding diaryl/α,β-unsaturated/α-hetero) is 1. The van der Waals surface area contributed by atoms with Crippen molar-refractivity contribution in [2.24, 2.45) is 0 Å². The summed E-state index contributed by atoms with van der Waals surface area (Å²) in [4.78, 5) is 37.3. The Morgan fingerprint density at radius 1 is 1.13 bits per heavy atom. The number of ether oxygens (including phenoxy) is 1. The number of allylic oxidation sites excluding steroid dienone is 2. The molecule has 0 radical (unpaired) electrons. The number of carbonyl (C=O) groups is 3. The predicted octanol–water partition coefficient (Wildman–Crippen LogP) is 3.05. The van der Waals surface area contributed by atoms with Gasteiger partial charge in [-0.25, -0.2) is 4.79 Å². The highest BCUT2D eigenvalue weighted by Crippen LogP contribution is 2.39. The quantitative estimate of drug-likeness (QED) is 0.862. The van der Waals surface area contributed by atoms with Crippen LogP contribution in [0.1, 0.15) is 44.9 Å². The molecule has 2 aromatic rings. The topological polar surface area (TPSA) is 80.7 Å². The summed E-state index contributed by atoms with van der Waals surface area (Å²) >= 11 is 0. The number of carbonyl (C=O) groups excluding carboxylic acids is 3. The van der Waals surface area contributed by atoms with E-state index in [9.17, 15) is 19.5 Å². The summed E-state index contributed by atoms with van der Waals surface area (Å²) in [5.74, 6) is -1.92. The van der Waals surface area contributed by atoms with Crippen molar-refractivity contribution in [3.05, 3.63) is 52.6 Å². The number of aromatic hydroxyl groups is 1. The molecule has 0 aliphatic heterocycles. The molecule has 1 N–H and O–H groups in total. The van der Waals surface area contributed by atoms with E-state index in [1.807, 2.05) is 0 Å². The molecule has 0 unspecified atom stereocenters. The lowest BCUT2D eigenvalue weighted by Crippen LogP contribution is -2.21. The Labute approximate surface area is 132 Å². The molecule has 0 saturated heterocycles. The van der Waals surface area contributed by atoms with Crippen molar-refractivity contribution in [1.29, 1.82) is 0 Å². The van der Waals surface area contributed by atoms with Crippen molar-refractivity contribution in [3.63, 3.8) is 0 Å². The first-order chi connectivity index (χ1) is 11.0. The van der Waals surface area contributed by atoms with Gasteiger partial charge in [-0.2, -0.15) is 0 Å². The van der Waals surface area contributed by atoms with Crippen LogP contribution in [0.4, 0.5) is 0 Å². The summed E-state index contributed by atoms with van der Waals surface area (Å²) in [5, 5.41) is 11.2. The second kappa shape index (κ2) is 5.35. The lowest BCUT2D eigenvalue weighted by Gasteiger charge is -2.20. The number of phenolic OH excluding ortho intramolecular Hbond substituents is 1. The number of hydrogen-bond acceptors (Lipinski definition) is 5. The summed E-state index contributed by atoms with van der Waals surface area (Å²) in [5.41, 5.74) is 0.0378. The molecule has 23 heavy (non-hydrogen) atoms. The Bertz CT molecular complexity index is 905. The molecule has 0 spiro atoms. The van der Waals surface area contributed by atoms with Gasteiger partial charge in [0.1, 0.15) is 5.75 Å². The summed E-state index contributed by atoms with van der Waals surface area (Å²) < 4.78 is 5.06. The van der Waals surface area contributed by atoms with Crippen LogP contribution in [-0.2, 0) is 4.74 Å². The third-order valence-electron chi connectivity index (χ3n) is 3.85. The highest BCUT2D eigenvalue weighted by atomic mass is 16.5. The van der Waals surface area contributed by atoms with Gasteiger partial charge in [0.25, 0.3) is 0 Å². The third-order valence-corrected chi connectivity index (χ3v) is 3.85. The van der Waals surface area contributed by atoms with Gasteiger partial charge in [-0.05, 0) is 19.9 Å². The molecule has 1 aliphatic rings. The Hall–Kier alpha value is -2.95. The van der Waals surface area contributed by atoms with Crippen molar-refractivity contribution in [3.8, 4) is 5.75 Å². The highest BCUT2D eigenvalue weighted by Gasteiger charge is 2.34. The zero-order valence-electron chi connectivity index (χ0n) is 12.7. The Morgan fingerprint density at radius 2 is 1.78 bits per heavy atom. The highest BCUT2D eigenvalue weighted by molar-refractivity contribution is 6.31. The molecule has 1 aliphatic carbocycles. The van der Waals surface area contributed by atoms with Crippen LogP contribution in [0.25, 0.3) is 10.8 Å². The van der Waals surface area contributed by atoms with E-state index in [2.05, 4.69) is 0 Å². The number of fused-ring (bicyclic) bond motifs is 2. The van der Waals surface area contributed by atoms with Crippen LogP contribution in [0.5, 0.6) is 5.75 Å². The van der Waals surface area contributed by atoms with Crippen molar-refractivity contribution < 1.29 is 24.2 Å².